The van der Waals surface area contributed by atoms with Crippen LogP contribution in [0.3, 0.4) is 0 Å². The van der Waals surface area contributed by atoms with E-state index in [1.807, 2.05) is 22.9 Å². The van der Waals surface area contributed by atoms with Gasteiger partial charge in [0.1, 0.15) is 11.9 Å². The number of rotatable bonds is 12. The summed E-state index contributed by atoms with van der Waals surface area (Å²) in [5, 5.41) is 29.2. The predicted molar refractivity (Wildman–Crippen MR) is 162 cm³/mol. The highest BCUT2D eigenvalue weighted by Crippen LogP contribution is 2.38. The molecule has 2 N–H and O–H groups in total. The largest absolute Gasteiger partial charge is 0.496 e. The molecule has 1 aromatic carbocycles. The van der Waals surface area contributed by atoms with E-state index < -0.39 is 11.6 Å². The third-order valence-corrected chi connectivity index (χ3v) is 10.0. The first-order valence-corrected chi connectivity index (χ1v) is 16.0. The third kappa shape index (κ3) is 6.56. The SMILES string of the molecule is COc1cc(-c2noc(CCCN(C)[C@H]3CC[C@H](OC(=O)C(O)(c4cccs4)c4cccs4)CC3)n2)c(Cl)cc1CO. The van der Waals surface area contributed by atoms with Crippen LogP contribution in [0.25, 0.3) is 11.4 Å². The fourth-order valence-electron chi connectivity index (χ4n) is 5.34. The van der Waals surface area contributed by atoms with Crippen molar-refractivity contribution >= 4 is 40.2 Å². The fourth-order valence-corrected chi connectivity index (χ4v) is 7.32. The molecular formula is C30H34ClN3O6S2. The first kappa shape index (κ1) is 30.7. The summed E-state index contributed by atoms with van der Waals surface area (Å²) in [5.41, 5.74) is -0.604. The van der Waals surface area contributed by atoms with Gasteiger partial charge in [-0.25, -0.2) is 4.79 Å². The zero-order valence-electron chi connectivity index (χ0n) is 23.5. The molecule has 1 fully saturated rings. The van der Waals surface area contributed by atoms with Crippen LogP contribution in [0.5, 0.6) is 5.75 Å². The quantitative estimate of drug-likeness (QED) is 0.191. The molecule has 0 amide bonds. The lowest BCUT2D eigenvalue weighted by Crippen LogP contribution is -2.42. The van der Waals surface area contributed by atoms with Crippen LogP contribution in [-0.4, -0.2) is 64.1 Å². The first-order valence-electron chi connectivity index (χ1n) is 13.8. The number of thiophene rings is 2. The number of aliphatic hydroxyl groups excluding tert-OH is 1. The number of hydrogen-bond acceptors (Lipinski definition) is 11. The number of aliphatic hydroxyl groups is 2. The van der Waals surface area contributed by atoms with E-state index in [-0.39, 0.29) is 12.7 Å². The van der Waals surface area contributed by atoms with Crippen molar-refractivity contribution in [3.63, 3.8) is 0 Å². The summed E-state index contributed by atoms with van der Waals surface area (Å²) in [4.78, 5) is 21.3. The number of halogens is 1. The van der Waals surface area contributed by atoms with E-state index in [4.69, 9.17) is 25.6 Å². The van der Waals surface area contributed by atoms with E-state index in [0.717, 1.165) is 38.6 Å². The van der Waals surface area contributed by atoms with Crippen molar-refractivity contribution in [2.24, 2.45) is 0 Å². The zero-order valence-corrected chi connectivity index (χ0v) is 25.9. The number of carbonyl (C=O) groups is 1. The van der Waals surface area contributed by atoms with E-state index in [2.05, 4.69) is 22.1 Å². The van der Waals surface area contributed by atoms with Crippen molar-refractivity contribution in [1.82, 2.24) is 15.0 Å². The minimum atomic E-state index is -1.77. The maximum Gasteiger partial charge on any atom is 0.349 e. The normalized spacial score (nSPS) is 17.5. The number of ether oxygens (including phenoxy) is 2. The van der Waals surface area contributed by atoms with Gasteiger partial charge in [0.2, 0.25) is 17.3 Å². The minimum Gasteiger partial charge on any atom is -0.496 e. The number of carbonyl (C=O) groups excluding carboxylic acids is 1. The van der Waals surface area contributed by atoms with Gasteiger partial charge in [-0.05, 0) is 80.7 Å². The van der Waals surface area contributed by atoms with Crippen LogP contribution >= 0.6 is 34.3 Å². The number of methoxy groups -OCH3 is 1. The van der Waals surface area contributed by atoms with Crippen LogP contribution in [0.4, 0.5) is 0 Å². The second-order valence-corrected chi connectivity index (χ2v) is 12.7. The second kappa shape index (κ2) is 13.7. The average molecular weight is 632 g/mol. The van der Waals surface area contributed by atoms with Gasteiger partial charge in [-0.2, -0.15) is 4.98 Å². The minimum absolute atomic E-state index is 0.185. The zero-order chi connectivity index (χ0) is 29.7. The summed E-state index contributed by atoms with van der Waals surface area (Å²) < 4.78 is 16.7. The van der Waals surface area contributed by atoms with E-state index in [1.54, 1.807) is 24.3 Å². The molecule has 0 radical (unpaired) electrons. The van der Waals surface area contributed by atoms with Crippen molar-refractivity contribution in [3.05, 3.63) is 73.4 Å². The molecule has 224 valence electrons. The van der Waals surface area contributed by atoms with Gasteiger partial charge in [0, 0.05) is 23.6 Å². The number of benzene rings is 1. The Bertz CT molecular complexity index is 1420. The highest BCUT2D eigenvalue weighted by atomic mass is 35.5. The molecule has 1 saturated carbocycles. The second-order valence-electron chi connectivity index (χ2n) is 10.4. The Morgan fingerprint density at radius 1 is 1.17 bits per heavy atom. The molecule has 3 heterocycles. The van der Waals surface area contributed by atoms with E-state index in [9.17, 15) is 15.0 Å². The fraction of sp³-hybridized carbons (Fsp3) is 0.433. The molecule has 1 aliphatic carbocycles. The molecule has 0 spiro atoms. The lowest BCUT2D eigenvalue weighted by atomic mass is 9.91. The highest BCUT2D eigenvalue weighted by Gasteiger charge is 2.45. The lowest BCUT2D eigenvalue weighted by molar-refractivity contribution is -0.169. The van der Waals surface area contributed by atoms with Crippen LogP contribution in [0.2, 0.25) is 5.02 Å². The summed E-state index contributed by atoms with van der Waals surface area (Å²) in [6.45, 7) is 0.665. The first-order chi connectivity index (χ1) is 20.3. The number of hydrogen-bond donors (Lipinski definition) is 2. The average Bonchev–Trinajstić information content (AvgIpc) is 3.80. The van der Waals surface area contributed by atoms with Crippen LogP contribution in [-0.2, 0) is 28.2 Å². The van der Waals surface area contributed by atoms with Gasteiger partial charge in [-0.3, -0.25) is 0 Å². The number of esters is 1. The third-order valence-electron chi connectivity index (χ3n) is 7.74. The summed E-state index contributed by atoms with van der Waals surface area (Å²) in [7, 11) is 3.64. The summed E-state index contributed by atoms with van der Waals surface area (Å²) in [6.07, 6.45) is 4.54. The topological polar surface area (TPSA) is 118 Å². The molecule has 4 aromatic rings. The Morgan fingerprint density at radius 2 is 1.86 bits per heavy atom. The van der Waals surface area contributed by atoms with Crippen molar-refractivity contribution in [2.75, 3.05) is 20.7 Å². The van der Waals surface area contributed by atoms with Crippen LogP contribution in [0.15, 0.2) is 51.7 Å². The summed E-state index contributed by atoms with van der Waals surface area (Å²) >= 11 is 9.08. The van der Waals surface area contributed by atoms with E-state index in [0.29, 0.717) is 55.8 Å². The van der Waals surface area contributed by atoms with Crippen LogP contribution in [0.1, 0.15) is 53.3 Å². The molecule has 0 bridgehead atoms. The van der Waals surface area contributed by atoms with Gasteiger partial charge in [-0.15, -0.1) is 22.7 Å². The van der Waals surface area contributed by atoms with Gasteiger partial charge in [-0.1, -0.05) is 28.9 Å². The van der Waals surface area contributed by atoms with Crippen molar-refractivity contribution < 1.29 is 29.0 Å². The lowest BCUT2D eigenvalue weighted by Gasteiger charge is -2.35. The van der Waals surface area contributed by atoms with Crippen molar-refractivity contribution in [3.8, 4) is 17.1 Å². The van der Waals surface area contributed by atoms with Gasteiger partial charge in [0.05, 0.1) is 28.5 Å². The highest BCUT2D eigenvalue weighted by molar-refractivity contribution is 7.12. The Morgan fingerprint density at radius 3 is 2.45 bits per heavy atom. The van der Waals surface area contributed by atoms with E-state index in [1.165, 1.54) is 29.8 Å². The molecular weight excluding hydrogens is 598 g/mol. The van der Waals surface area contributed by atoms with Crippen LogP contribution < -0.4 is 4.74 Å². The molecule has 3 aromatic heterocycles. The maximum atomic E-state index is 13.3. The molecule has 0 saturated heterocycles. The molecule has 5 rings (SSSR count). The molecule has 0 atom stereocenters. The smallest absolute Gasteiger partial charge is 0.349 e. The van der Waals surface area contributed by atoms with Gasteiger partial charge in [0.15, 0.2) is 0 Å². The number of aromatic nitrogens is 2. The predicted octanol–water partition coefficient (Wildman–Crippen LogP) is 5.67. The molecule has 0 aliphatic heterocycles. The monoisotopic (exact) mass is 631 g/mol. The molecule has 42 heavy (non-hydrogen) atoms. The van der Waals surface area contributed by atoms with Crippen molar-refractivity contribution in [1.29, 1.82) is 0 Å². The standard InChI is InChI=1S/C30H34ClN3O6S2/c1-34(13-3-8-27-32-28(33-40-27)22-17-24(38-2)19(18-35)16-23(22)31)20-9-11-21(12-10-20)39-29(36)30(37,25-6-4-14-41-25)26-7-5-15-42-26/h4-7,14-17,20-21,35,37H,3,8-13,18H2,1-2H3/t20-,21-. The molecule has 1 aliphatic rings. The van der Waals surface area contributed by atoms with Crippen LogP contribution in [0, 0.1) is 0 Å². The van der Waals surface area contributed by atoms with Gasteiger partial charge < -0.3 is 29.1 Å². The van der Waals surface area contributed by atoms with Gasteiger partial charge >= 0.3 is 5.97 Å². The van der Waals surface area contributed by atoms with Crippen molar-refractivity contribution in [2.45, 2.75) is 62.9 Å². The number of nitrogens with zero attached hydrogens (tertiary/aromatic N) is 3. The summed E-state index contributed by atoms with van der Waals surface area (Å²) in [5.74, 6) is 0.811. The summed E-state index contributed by atoms with van der Waals surface area (Å²) in [6, 6.07) is 10.9. The van der Waals surface area contributed by atoms with E-state index >= 15 is 0 Å². The Labute approximate surface area is 257 Å². The molecule has 9 nitrogen and oxygen atoms in total. The maximum absolute atomic E-state index is 13.3. The number of aryl methyl sites for hydroxylation is 1. The molecule has 12 heteroatoms. The van der Waals surface area contributed by atoms with Gasteiger partial charge in [0.25, 0.3) is 0 Å². The Hall–Kier alpha value is -2.80. The molecule has 0 unspecified atom stereocenters. The Kier molecular flexibility index (Phi) is 9.97. The Balaban J connectivity index is 1.10.